The minimum absolute atomic E-state index is 0.245. The van der Waals surface area contributed by atoms with Crippen LogP contribution in [0.2, 0.25) is 0 Å². The molecule has 0 radical (unpaired) electrons. The number of unbranched alkanes of at least 4 members (excludes halogenated alkanes) is 1. The van der Waals surface area contributed by atoms with E-state index in [1.165, 1.54) is 19.1 Å². The van der Waals surface area contributed by atoms with Gasteiger partial charge in [-0.2, -0.15) is 0 Å². The Balaban J connectivity index is 2.95. The first kappa shape index (κ1) is 11.8. The summed E-state index contributed by atoms with van der Waals surface area (Å²) in [4.78, 5) is 11.4. The third kappa shape index (κ3) is 2.82. The molecule has 15 heavy (non-hydrogen) atoms. The molecule has 0 aliphatic heterocycles. The van der Waals surface area contributed by atoms with Gasteiger partial charge in [0.2, 0.25) is 0 Å². The van der Waals surface area contributed by atoms with E-state index in [4.69, 9.17) is 4.74 Å². The molecule has 0 aromatic heterocycles. The first-order chi connectivity index (χ1) is 7.20. The molecule has 0 atom stereocenters. The molecule has 0 N–H and O–H groups in total. The summed E-state index contributed by atoms with van der Waals surface area (Å²) in [6, 6.07) is 5.82. The number of hydrogen-bond acceptors (Lipinski definition) is 2. The molecule has 1 aromatic rings. The number of carbonyl (C=O) groups excluding carboxylic acids is 1. The number of ether oxygens (including phenoxy) is 1. The zero-order valence-electron chi connectivity index (χ0n) is 9.67. The number of esters is 1. The summed E-state index contributed by atoms with van der Waals surface area (Å²) in [6.45, 7) is 4.15. The molecule has 1 rings (SSSR count). The highest BCUT2D eigenvalue weighted by molar-refractivity contribution is 5.91. The van der Waals surface area contributed by atoms with Gasteiger partial charge >= 0.3 is 5.97 Å². The van der Waals surface area contributed by atoms with Gasteiger partial charge in [0.15, 0.2) is 0 Å². The summed E-state index contributed by atoms with van der Waals surface area (Å²) in [7, 11) is 1.42. The first-order valence-corrected chi connectivity index (χ1v) is 5.37. The van der Waals surface area contributed by atoms with Crippen LogP contribution in [0.25, 0.3) is 0 Å². The van der Waals surface area contributed by atoms with E-state index in [1.807, 2.05) is 19.1 Å². The topological polar surface area (TPSA) is 26.3 Å². The van der Waals surface area contributed by atoms with Crippen molar-refractivity contribution < 1.29 is 9.53 Å². The number of methoxy groups -OCH3 is 1. The van der Waals surface area contributed by atoms with Gasteiger partial charge in [0.1, 0.15) is 0 Å². The predicted molar refractivity (Wildman–Crippen MR) is 61.1 cm³/mol. The Morgan fingerprint density at radius 1 is 1.40 bits per heavy atom. The summed E-state index contributed by atoms with van der Waals surface area (Å²) in [5.74, 6) is -0.245. The molecular formula is C13H18O2. The Hall–Kier alpha value is -1.31. The molecule has 2 heteroatoms. The molecule has 0 bridgehead atoms. The molecule has 0 heterocycles. The van der Waals surface area contributed by atoms with E-state index in [0.29, 0.717) is 5.56 Å². The smallest absolute Gasteiger partial charge is 0.338 e. The number of aryl methyl sites for hydroxylation is 1. The fraction of sp³-hybridized carbons (Fsp3) is 0.462. The average Bonchev–Trinajstić information content (AvgIpc) is 2.27. The van der Waals surface area contributed by atoms with Crippen molar-refractivity contribution in [2.45, 2.75) is 33.1 Å². The lowest BCUT2D eigenvalue weighted by molar-refractivity contribution is 0.0600. The van der Waals surface area contributed by atoms with Crippen molar-refractivity contribution in [1.82, 2.24) is 0 Å². The average molecular weight is 206 g/mol. The van der Waals surface area contributed by atoms with E-state index < -0.39 is 0 Å². The highest BCUT2D eigenvalue weighted by Crippen LogP contribution is 2.16. The Bertz CT molecular complexity index is 342. The van der Waals surface area contributed by atoms with Gasteiger partial charge in [-0.1, -0.05) is 25.5 Å². The van der Waals surface area contributed by atoms with Crippen LogP contribution in [-0.2, 0) is 11.2 Å². The lowest BCUT2D eigenvalue weighted by Gasteiger charge is -2.09. The van der Waals surface area contributed by atoms with Crippen molar-refractivity contribution in [2.24, 2.45) is 0 Å². The molecule has 0 saturated carbocycles. The highest BCUT2D eigenvalue weighted by atomic mass is 16.5. The fourth-order valence-corrected chi connectivity index (χ4v) is 1.65. The maximum atomic E-state index is 11.4. The standard InChI is InChI=1S/C13H18O2/c1-4-5-7-11-8-6-9-12(10(11)2)13(14)15-3/h6,8-9H,4-5,7H2,1-3H3. The van der Waals surface area contributed by atoms with Crippen molar-refractivity contribution >= 4 is 5.97 Å². The van der Waals surface area contributed by atoms with E-state index in [0.717, 1.165) is 18.4 Å². The van der Waals surface area contributed by atoms with Crippen LogP contribution in [0.4, 0.5) is 0 Å². The summed E-state index contributed by atoms with van der Waals surface area (Å²) in [5.41, 5.74) is 2.99. The molecule has 0 amide bonds. The van der Waals surface area contributed by atoms with Crippen LogP contribution in [0.1, 0.15) is 41.3 Å². The Labute approximate surface area is 91.3 Å². The maximum Gasteiger partial charge on any atom is 0.338 e. The van der Waals surface area contributed by atoms with Gasteiger partial charge in [-0.25, -0.2) is 4.79 Å². The molecule has 0 aliphatic carbocycles. The molecule has 2 nitrogen and oxygen atoms in total. The van der Waals surface area contributed by atoms with Crippen LogP contribution in [0.15, 0.2) is 18.2 Å². The van der Waals surface area contributed by atoms with Crippen LogP contribution in [-0.4, -0.2) is 13.1 Å². The fourth-order valence-electron chi connectivity index (χ4n) is 1.65. The Morgan fingerprint density at radius 3 is 2.73 bits per heavy atom. The molecule has 0 spiro atoms. The van der Waals surface area contributed by atoms with Crippen molar-refractivity contribution in [2.75, 3.05) is 7.11 Å². The molecule has 0 unspecified atom stereocenters. The lowest BCUT2D eigenvalue weighted by Crippen LogP contribution is -2.05. The third-order valence-electron chi connectivity index (χ3n) is 2.65. The van der Waals surface area contributed by atoms with Gasteiger partial charge < -0.3 is 4.74 Å². The van der Waals surface area contributed by atoms with Crippen LogP contribution in [0.3, 0.4) is 0 Å². The monoisotopic (exact) mass is 206 g/mol. The third-order valence-corrected chi connectivity index (χ3v) is 2.65. The normalized spacial score (nSPS) is 10.1. The molecular weight excluding hydrogens is 188 g/mol. The van der Waals surface area contributed by atoms with Gasteiger partial charge in [-0.15, -0.1) is 0 Å². The van der Waals surface area contributed by atoms with E-state index in [2.05, 4.69) is 13.0 Å². The quantitative estimate of drug-likeness (QED) is 0.707. The summed E-state index contributed by atoms with van der Waals surface area (Å²) < 4.78 is 4.74. The van der Waals surface area contributed by atoms with E-state index in [1.54, 1.807) is 0 Å². The van der Waals surface area contributed by atoms with Crippen molar-refractivity contribution in [3.63, 3.8) is 0 Å². The van der Waals surface area contributed by atoms with Crippen LogP contribution in [0.5, 0.6) is 0 Å². The van der Waals surface area contributed by atoms with Crippen molar-refractivity contribution in [3.05, 3.63) is 34.9 Å². The minimum atomic E-state index is -0.245. The molecule has 82 valence electrons. The van der Waals surface area contributed by atoms with Crippen molar-refractivity contribution in [3.8, 4) is 0 Å². The van der Waals surface area contributed by atoms with Gasteiger partial charge in [0.25, 0.3) is 0 Å². The number of carbonyl (C=O) groups is 1. The zero-order chi connectivity index (χ0) is 11.3. The second kappa shape index (κ2) is 5.54. The van der Waals surface area contributed by atoms with Crippen molar-refractivity contribution in [1.29, 1.82) is 0 Å². The van der Waals surface area contributed by atoms with Gasteiger partial charge in [0.05, 0.1) is 12.7 Å². The Morgan fingerprint density at radius 2 is 2.13 bits per heavy atom. The van der Waals surface area contributed by atoms with Crippen LogP contribution in [0, 0.1) is 6.92 Å². The predicted octanol–water partition coefficient (Wildman–Crippen LogP) is 3.12. The lowest BCUT2D eigenvalue weighted by atomic mass is 9.98. The number of benzene rings is 1. The molecule has 1 aromatic carbocycles. The minimum Gasteiger partial charge on any atom is -0.465 e. The molecule has 0 fully saturated rings. The maximum absolute atomic E-state index is 11.4. The SMILES string of the molecule is CCCCc1cccc(C(=O)OC)c1C. The second-order valence-electron chi connectivity index (χ2n) is 3.68. The Kier molecular flexibility index (Phi) is 4.35. The highest BCUT2D eigenvalue weighted by Gasteiger charge is 2.10. The van der Waals surface area contributed by atoms with E-state index in [-0.39, 0.29) is 5.97 Å². The molecule has 0 aliphatic rings. The van der Waals surface area contributed by atoms with Gasteiger partial charge in [0, 0.05) is 0 Å². The largest absolute Gasteiger partial charge is 0.465 e. The summed E-state index contributed by atoms with van der Waals surface area (Å²) in [5, 5.41) is 0. The van der Waals surface area contributed by atoms with Crippen LogP contribution >= 0.6 is 0 Å². The van der Waals surface area contributed by atoms with Gasteiger partial charge in [-0.05, 0) is 37.0 Å². The van der Waals surface area contributed by atoms with E-state index in [9.17, 15) is 4.79 Å². The second-order valence-corrected chi connectivity index (χ2v) is 3.68. The van der Waals surface area contributed by atoms with Crippen LogP contribution < -0.4 is 0 Å². The summed E-state index contributed by atoms with van der Waals surface area (Å²) in [6.07, 6.45) is 3.36. The number of hydrogen-bond donors (Lipinski definition) is 0. The summed E-state index contributed by atoms with van der Waals surface area (Å²) >= 11 is 0. The number of rotatable bonds is 4. The van der Waals surface area contributed by atoms with Gasteiger partial charge in [-0.3, -0.25) is 0 Å². The first-order valence-electron chi connectivity index (χ1n) is 5.37. The molecule has 0 saturated heterocycles. The van der Waals surface area contributed by atoms with E-state index >= 15 is 0 Å². The zero-order valence-corrected chi connectivity index (χ0v) is 9.67.